The SMILES string of the molecule is Cc1cc(OCc2ccc([N+](=O)[O-])cc2)cc2c1C(=O)/C(=C/c1ccccc1)O2. The third kappa shape index (κ3) is 3.87. The Morgan fingerprint density at radius 2 is 1.79 bits per heavy atom. The molecule has 29 heavy (non-hydrogen) atoms. The van der Waals surface area contributed by atoms with E-state index in [1.165, 1.54) is 12.1 Å². The van der Waals surface area contributed by atoms with E-state index < -0.39 is 4.92 Å². The van der Waals surface area contributed by atoms with Crippen molar-refractivity contribution in [3.8, 4) is 11.5 Å². The van der Waals surface area contributed by atoms with E-state index in [0.29, 0.717) is 17.1 Å². The van der Waals surface area contributed by atoms with Crippen LogP contribution >= 0.6 is 0 Å². The van der Waals surface area contributed by atoms with E-state index in [9.17, 15) is 14.9 Å². The first-order valence-corrected chi connectivity index (χ1v) is 9.01. The van der Waals surface area contributed by atoms with E-state index >= 15 is 0 Å². The van der Waals surface area contributed by atoms with Gasteiger partial charge in [0.25, 0.3) is 5.69 Å². The number of allylic oxidation sites excluding steroid dienone is 1. The van der Waals surface area contributed by atoms with Gasteiger partial charge in [0.2, 0.25) is 5.78 Å². The van der Waals surface area contributed by atoms with Crippen LogP contribution in [-0.2, 0) is 6.61 Å². The van der Waals surface area contributed by atoms with Gasteiger partial charge in [-0.25, -0.2) is 0 Å². The maximum atomic E-state index is 12.7. The Balaban J connectivity index is 1.52. The quantitative estimate of drug-likeness (QED) is 0.346. The van der Waals surface area contributed by atoms with Gasteiger partial charge in [0.05, 0.1) is 10.5 Å². The third-order valence-corrected chi connectivity index (χ3v) is 4.59. The van der Waals surface area contributed by atoms with Crippen molar-refractivity contribution in [1.82, 2.24) is 0 Å². The van der Waals surface area contributed by atoms with Crippen molar-refractivity contribution < 1.29 is 19.2 Å². The second-order valence-corrected chi connectivity index (χ2v) is 6.68. The van der Waals surface area contributed by atoms with E-state index in [1.54, 1.807) is 30.3 Å². The predicted octanol–water partition coefficient (Wildman–Crippen LogP) is 5.10. The van der Waals surface area contributed by atoms with Crippen molar-refractivity contribution >= 4 is 17.5 Å². The number of nitrogens with zero attached hydrogens (tertiary/aromatic N) is 1. The Morgan fingerprint density at radius 1 is 1.07 bits per heavy atom. The van der Waals surface area contributed by atoms with Crippen LogP contribution in [-0.4, -0.2) is 10.7 Å². The van der Waals surface area contributed by atoms with Crippen LogP contribution in [0.25, 0.3) is 6.08 Å². The van der Waals surface area contributed by atoms with Crippen LogP contribution in [0.2, 0.25) is 0 Å². The van der Waals surface area contributed by atoms with Crippen LogP contribution in [0.1, 0.15) is 27.0 Å². The standard InChI is InChI=1S/C23H17NO5/c1-15-11-19(28-14-17-7-9-18(10-8-17)24(26)27)13-20-22(15)23(25)21(29-20)12-16-5-3-2-4-6-16/h2-13H,14H2,1H3/b21-12-. The lowest BCUT2D eigenvalue weighted by Crippen LogP contribution is -2.00. The van der Waals surface area contributed by atoms with Crippen LogP contribution in [0.3, 0.4) is 0 Å². The van der Waals surface area contributed by atoms with E-state index in [4.69, 9.17) is 9.47 Å². The molecule has 0 saturated heterocycles. The molecule has 1 heterocycles. The number of Topliss-reactive ketones (excluding diaryl/α,β-unsaturated/α-hetero) is 1. The van der Waals surface area contributed by atoms with Crippen molar-refractivity contribution in [1.29, 1.82) is 0 Å². The summed E-state index contributed by atoms with van der Waals surface area (Å²) in [6.07, 6.45) is 1.72. The summed E-state index contributed by atoms with van der Waals surface area (Å²) in [4.78, 5) is 23.0. The zero-order valence-electron chi connectivity index (χ0n) is 15.6. The van der Waals surface area contributed by atoms with Gasteiger partial charge in [0.1, 0.15) is 18.1 Å². The second-order valence-electron chi connectivity index (χ2n) is 6.68. The number of carbonyl (C=O) groups excluding carboxylic acids is 1. The Hall–Kier alpha value is -3.93. The van der Waals surface area contributed by atoms with E-state index in [2.05, 4.69) is 0 Å². The van der Waals surface area contributed by atoms with Crippen LogP contribution in [0.4, 0.5) is 5.69 Å². The number of ketones is 1. The fourth-order valence-corrected chi connectivity index (χ4v) is 3.14. The molecule has 144 valence electrons. The van der Waals surface area contributed by atoms with Crippen molar-refractivity contribution in [2.45, 2.75) is 13.5 Å². The lowest BCUT2D eigenvalue weighted by Gasteiger charge is -2.09. The van der Waals surface area contributed by atoms with Crippen LogP contribution in [0.15, 0.2) is 72.5 Å². The molecule has 0 amide bonds. The Labute approximate surface area is 167 Å². The summed E-state index contributed by atoms with van der Waals surface area (Å²) in [6, 6.07) is 19.2. The molecule has 0 saturated carbocycles. The highest BCUT2D eigenvalue weighted by molar-refractivity contribution is 6.15. The summed E-state index contributed by atoms with van der Waals surface area (Å²) < 4.78 is 11.6. The highest BCUT2D eigenvalue weighted by atomic mass is 16.6. The third-order valence-electron chi connectivity index (χ3n) is 4.59. The summed E-state index contributed by atoms with van der Waals surface area (Å²) in [5, 5.41) is 10.7. The minimum atomic E-state index is -0.441. The van der Waals surface area contributed by atoms with Gasteiger partial charge >= 0.3 is 0 Å². The van der Waals surface area contributed by atoms with Crippen molar-refractivity contribution in [3.63, 3.8) is 0 Å². The van der Waals surface area contributed by atoms with Gasteiger partial charge in [-0.1, -0.05) is 30.3 Å². The van der Waals surface area contributed by atoms with Crippen molar-refractivity contribution in [3.05, 3.63) is 105 Å². The first kappa shape index (κ1) is 18.4. The molecule has 0 aliphatic carbocycles. The average Bonchev–Trinajstić information content (AvgIpc) is 3.03. The molecule has 0 N–H and O–H groups in total. The molecule has 6 heteroatoms. The van der Waals surface area contributed by atoms with Gasteiger partial charge in [0.15, 0.2) is 5.76 Å². The Morgan fingerprint density at radius 3 is 2.48 bits per heavy atom. The molecule has 0 spiro atoms. The lowest BCUT2D eigenvalue weighted by atomic mass is 10.0. The maximum Gasteiger partial charge on any atom is 0.269 e. The number of hydrogen-bond acceptors (Lipinski definition) is 5. The molecule has 0 fully saturated rings. The zero-order valence-corrected chi connectivity index (χ0v) is 15.6. The fraction of sp³-hybridized carbons (Fsp3) is 0.0870. The molecular formula is C23H17NO5. The van der Waals surface area contributed by atoms with E-state index in [0.717, 1.165) is 16.7 Å². The highest BCUT2D eigenvalue weighted by Crippen LogP contribution is 2.37. The first-order chi connectivity index (χ1) is 14.0. The monoisotopic (exact) mass is 387 g/mol. The molecule has 0 unspecified atom stereocenters. The molecule has 0 atom stereocenters. The largest absolute Gasteiger partial charge is 0.489 e. The molecular weight excluding hydrogens is 370 g/mol. The number of hydrogen-bond donors (Lipinski definition) is 0. The van der Waals surface area contributed by atoms with Gasteiger partial charge in [-0.15, -0.1) is 0 Å². The summed E-state index contributed by atoms with van der Waals surface area (Å²) in [7, 11) is 0. The molecule has 4 rings (SSSR count). The first-order valence-electron chi connectivity index (χ1n) is 9.01. The Bertz CT molecular complexity index is 1120. The fourth-order valence-electron chi connectivity index (χ4n) is 3.14. The van der Waals surface area contributed by atoms with Gasteiger partial charge in [-0.3, -0.25) is 14.9 Å². The summed E-state index contributed by atoms with van der Waals surface area (Å²) >= 11 is 0. The number of nitro groups is 1. The number of nitro benzene ring substituents is 1. The minimum absolute atomic E-state index is 0.0340. The van der Waals surface area contributed by atoms with Gasteiger partial charge < -0.3 is 9.47 Å². The molecule has 3 aromatic carbocycles. The molecule has 1 aliphatic rings. The number of fused-ring (bicyclic) bond motifs is 1. The highest BCUT2D eigenvalue weighted by Gasteiger charge is 2.30. The molecule has 0 bridgehead atoms. The normalized spacial score (nSPS) is 13.8. The lowest BCUT2D eigenvalue weighted by molar-refractivity contribution is -0.384. The summed E-state index contributed by atoms with van der Waals surface area (Å²) in [5.41, 5.74) is 3.02. The van der Waals surface area contributed by atoms with Gasteiger partial charge in [-0.05, 0) is 47.9 Å². The van der Waals surface area contributed by atoms with Crippen molar-refractivity contribution in [2.24, 2.45) is 0 Å². The molecule has 0 radical (unpaired) electrons. The number of benzene rings is 3. The Kier molecular flexibility index (Phi) is 4.83. The molecule has 6 nitrogen and oxygen atoms in total. The molecule has 0 aromatic heterocycles. The number of aryl methyl sites for hydroxylation is 1. The summed E-state index contributed by atoms with van der Waals surface area (Å²) in [5.74, 6) is 1.16. The molecule has 1 aliphatic heterocycles. The topological polar surface area (TPSA) is 78.7 Å². The minimum Gasteiger partial charge on any atom is -0.489 e. The number of rotatable bonds is 5. The van der Waals surface area contributed by atoms with E-state index in [-0.39, 0.29) is 23.8 Å². The smallest absolute Gasteiger partial charge is 0.269 e. The molecule has 3 aromatic rings. The maximum absolute atomic E-state index is 12.7. The number of ether oxygens (including phenoxy) is 2. The van der Waals surface area contributed by atoms with Crippen molar-refractivity contribution in [2.75, 3.05) is 0 Å². The van der Waals surface area contributed by atoms with Crippen LogP contribution in [0, 0.1) is 17.0 Å². The predicted molar refractivity (Wildman–Crippen MR) is 108 cm³/mol. The van der Waals surface area contributed by atoms with Crippen LogP contribution < -0.4 is 9.47 Å². The number of non-ortho nitro benzene ring substituents is 1. The van der Waals surface area contributed by atoms with Crippen LogP contribution in [0.5, 0.6) is 11.5 Å². The number of carbonyl (C=O) groups is 1. The second kappa shape index (κ2) is 7.59. The average molecular weight is 387 g/mol. The van der Waals surface area contributed by atoms with Gasteiger partial charge in [0, 0.05) is 18.2 Å². The summed E-state index contributed by atoms with van der Waals surface area (Å²) in [6.45, 7) is 2.08. The zero-order chi connectivity index (χ0) is 20.4. The van der Waals surface area contributed by atoms with Gasteiger partial charge in [-0.2, -0.15) is 0 Å². The van der Waals surface area contributed by atoms with E-state index in [1.807, 2.05) is 37.3 Å².